The summed E-state index contributed by atoms with van der Waals surface area (Å²) in [6, 6.07) is 11.5. The average molecular weight is 535 g/mol. The van der Waals surface area contributed by atoms with Gasteiger partial charge >= 0.3 is 0 Å². The van der Waals surface area contributed by atoms with E-state index in [9.17, 15) is 13.2 Å². The lowest BCUT2D eigenvalue weighted by Crippen LogP contribution is -2.49. The monoisotopic (exact) mass is 534 g/mol. The van der Waals surface area contributed by atoms with Crippen LogP contribution < -0.4 is 19.1 Å². The molecule has 0 saturated carbocycles. The van der Waals surface area contributed by atoms with Crippen molar-refractivity contribution in [3.05, 3.63) is 48.0 Å². The fourth-order valence-electron chi connectivity index (χ4n) is 3.49. The van der Waals surface area contributed by atoms with Crippen LogP contribution in [0.4, 0.5) is 10.8 Å². The second-order valence-electron chi connectivity index (χ2n) is 8.82. The number of ether oxygens (including phenoxy) is 2. The Hall–Kier alpha value is -2.83. The first-order valence-corrected chi connectivity index (χ1v) is 14.2. The molecule has 0 spiro atoms. The second kappa shape index (κ2) is 9.67. The molecule has 0 unspecified atom stereocenters. The number of sulfonamides is 1. The number of carbonyl (C=O) groups is 1. The zero-order valence-corrected chi connectivity index (χ0v) is 22.4. The van der Waals surface area contributed by atoms with E-state index in [-0.39, 0.29) is 16.9 Å². The van der Waals surface area contributed by atoms with Crippen LogP contribution in [0.15, 0.2) is 51.7 Å². The van der Waals surface area contributed by atoms with Crippen LogP contribution in [0.3, 0.4) is 0 Å². The van der Waals surface area contributed by atoms with E-state index in [1.54, 1.807) is 24.3 Å². The molecule has 1 amide bonds. The van der Waals surface area contributed by atoms with E-state index in [4.69, 9.17) is 9.47 Å². The number of hydrogen-bond donors (Lipinski definition) is 1. The van der Waals surface area contributed by atoms with Crippen molar-refractivity contribution >= 4 is 49.8 Å². The molecule has 1 aliphatic heterocycles. The fraction of sp³-hybridized carbons (Fsp3) is 0.348. The van der Waals surface area contributed by atoms with E-state index >= 15 is 0 Å². The molecule has 2 heterocycles. The maximum Gasteiger partial charge on any atom is 0.269 e. The van der Waals surface area contributed by atoms with Gasteiger partial charge < -0.3 is 9.47 Å². The maximum absolute atomic E-state index is 13.8. The van der Waals surface area contributed by atoms with E-state index in [1.165, 1.54) is 46.6 Å². The van der Waals surface area contributed by atoms with Crippen molar-refractivity contribution in [2.45, 2.75) is 41.5 Å². The quantitative estimate of drug-likeness (QED) is 0.371. The molecule has 0 saturated heterocycles. The lowest BCUT2D eigenvalue weighted by Gasteiger charge is -2.35. The Morgan fingerprint density at radius 1 is 1.20 bits per heavy atom. The van der Waals surface area contributed by atoms with Crippen molar-refractivity contribution in [3.63, 3.8) is 0 Å². The summed E-state index contributed by atoms with van der Waals surface area (Å²) in [4.78, 5) is 13.1. The molecule has 0 fully saturated rings. The smallest absolute Gasteiger partial charge is 0.269 e. The Balaban J connectivity index is 1.72. The van der Waals surface area contributed by atoms with Gasteiger partial charge in [0.05, 0.1) is 24.2 Å². The number of rotatable bonds is 6. The third kappa shape index (κ3) is 5.24. The zero-order chi connectivity index (χ0) is 25.4. The van der Waals surface area contributed by atoms with Gasteiger partial charge in [0.1, 0.15) is 11.5 Å². The summed E-state index contributed by atoms with van der Waals surface area (Å²) < 4.78 is 40.6. The Labute approximate surface area is 212 Å². The molecule has 1 aromatic heterocycles. The molecule has 186 valence electrons. The van der Waals surface area contributed by atoms with Crippen molar-refractivity contribution < 1.29 is 22.7 Å². The predicted octanol–water partition coefficient (Wildman–Crippen LogP) is 4.16. The van der Waals surface area contributed by atoms with Crippen LogP contribution in [0.1, 0.15) is 26.3 Å². The molecule has 0 bridgehead atoms. The summed E-state index contributed by atoms with van der Waals surface area (Å²) in [5.74, 6) is 0.345. The first kappa shape index (κ1) is 25.3. The number of carbonyl (C=O) groups excluding carboxylic acids is 1. The highest BCUT2D eigenvalue weighted by molar-refractivity contribution is 8.00. The highest BCUT2D eigenvalue weighted by Crippen LogP contribution is 2.40. The minimum Gasteiger partial charge on any atom is -0.497 e. The van der Waals surface area contributed by atoms with Gasteiger partial charge in [-0.15, -0.1) is 10.2 Å². The van der Waals surface area contributed by atoms with Crippen LogP contribution in [0.5, 0.6) is 11.5 Å². The number of nitrogens with zero attached hydrogens (tertiary/aromatic N) is 3. The molecule has 4 rings (SSSR count). The lowest BCUT2D eigenvalue weighted by atomic mass is 9.86. The number of benzene rings is 2. The summed E-state index contributed by atoms with van der Waals surface area (Å²) in [7, 11) is -2.50. The summed E-state index contributed by atoms with van der Waals surface area (Å²) >= 11 is 2.65. The standard InChI is InChI=1S/C23H26N4O5S3/c1-23(2,3)14-6-11-18-17(12-14)27(35(29,30)16-9-7-15(31-4)8-10-16)13-19(32-18)20(28)24-21-25-26-22(33-5)34-21/h6-12,19H,13H2,1-5H3,(H,24,25,28)/t19-/m1/s1. The largest absolute Gasteiger partial charge is 0.497 e. The van der Waals surface area contributed by atoms with Crippen molar-refractivity contribution in [2.24, 2.45) is 0 Å². The Kier molecular flexibility index (Phi) is 6.98. The molecule has 0 radical (unpaired) electrons. The van der Waals surface area contributed by atoms with Crippen molar-refractivity contribution in [1.29, 1.82) is 0 Å². The molecular weight excluding hydrogens is 508 g/mol. The van der Waals surface area contributed by atoms with Gasteiger partial charge in [-0.2, -0.15) is 0 Å². The van der Waals surface area contributed by atoms with E-state index in [1.807, 2.05) is 33.1 Å². The molecule has 1 atom stereocenters. The predicted molar refractivity (Wildman–Crippen MR) is 137 cm³/mol. The van der Waals surface area contributed by atoms with Gasteiger partial charge in [0.2, 0.25) is 5.13 Å². The topological polar surface area (TPSA) is 111 Å². The molecule has 2 aromatic carbocycles. The van der Waals surface area contributed by atoms with Gasteiger partial charge in [0.15, 0.2) is 10.4 Å². The molecule has 9 nitrogen and oxygen atoms in total. The van der Waals surface area contributed by atoms with Crippen LogP contribution in [-0.4, -0.2) is 50.5 Å². The van der Waals surface area contributed by atoms with Crippen LogP contribution in [0, 0.1) is 0 Å². The Morgan fingerprint density at radius 2 is 1.91 bits per heavy atom. The molecule has 12 heteroatoms. The van der Waals surface area contributed by atoms with E-state index in [2.05, 4.69) is 15.5 Å². The SMILES string of the molecule is COc1ccc(S(=O)(=O)N2C[C@H](C(=O)Nc3nnc(SC)s3)Oc3ccc(C(C)(C)C)cc32)cc1. The molecule has 1 aliphatic rings. The number of hydrogen-bond acceptors (Lipinski definition) is 9. The highest BCUT2D eigenvalue weighted by atomic mass is 32.2. The number of thioether (sulfide) groups is 1. The van der Waals surface area contributed by atoms with Crippen LogP contribution in [-0.2, 0) is 20.2 Å². The maximum atomic E-state index is 13.8. The molecule has 3 aromatic rings. The lowest BCUT2D eigenvalue weighted by molar-refractivity contribution is -0.122. The third-order valence-electron chi connectivity index (χ3n) is 5.45. The first-order valence-electron chi connectivity index (χ1n) is 10.7. The molecular formula is C23H26N4O5S3. The normalized spacial score (nSPS) is 15.8. The first-order chi connectivity index (χ1) is 16.5. The fourth-order valence-corrected chi connectivity index (χ4v) is 6.13. The second-order valence-corrected chi connectivity index (χ2v) is 12.7. The molecule has 35 heavy (non-hydrogen) atoms. The van der Waals surface area contributed by atoms with Gasteiger partial charge in [-0.25, -0.2) is 8.42 Å². The van der Waals surface area contributed by atoms with Gasteiger partial charge in [-0.3, -0.25) is 14.4 Å². The Morgan fingerprint density at radius 3 is 2.51 bits per heavy atom. The van der Waals surface area contributed by atoms with Crippen molar-refractivity contribution in [1.82, 2.24) is 10.2 Å². The Bertz CT molecular complexity index is 1330. The van der Waals surface area contributed by atoms with Crippen molar-refractivity contribution in [2.75, 3.05) is 29.5 Å². The van der Waals surface area contributed by atoms with Gasteiger partial charge in [-0.1, -0.05) is 49.9 Å². The van der Waals surface area contributed by atoms with E-state index < -0.39 is 22.0 Å². The van der Waals surface area contributed by atoms with E-state index in [0.29, 0.717) is 26.7 Å². The summed E-state index contributed by atoms with van der Waals surface area (Å²) in [6.45, 7) is 5.93. The summed E-state index contributed by atoms with van der Waals surface area (Å²) in [6.07, 6.45) is 0.777. The molecule has 0 aliphatic carbocycles. The van der Waals surface area contributed by atoms with Crippen LogP contribution >= 0.6 is 23.1 Å². The van der Waals surface area contributed by atoms with Gasteiger partial charge in [0, 0.05) is 0 Å². The minimum absolute atomic E-state index is 0.0835. The average Bonchev–Trinajstić information content (AvgIpc) is 3.29. The highest BCUT2D eigenvalue weighted by Gasteiger charge is 2.38. The number of methoxy groups -OCH3 is 1. The minimum atomic E-state index is -4.01. The van der Waals surface area contributed by atoms with Gasteiger partial charge in [-0.05, 0) is 53.6 Å². The number of anilines is 2. The van der Waals surface area contributed by atoms with Crippen molar-refractivity contribution in [3.8, 4) is 11.5 Å². The number of nitrogens with one attached hydrogen (secondary N) is 1. The zero-order valence-electron chi connectivity index (χ0n) is 19.9. The number of fused-ring (bicyclic) bond motifs is 1. The number of aromatic nitrogens is 2. The summed E-state index contributed by atoms with van der Waals surface area (Å²) in [5, 5.41) is 10.9. The number of amides is 1. The summed E-state index contributed by atoms with van der Waals surface area (Å²) in [5.41, 5.74) is 1.11. The molecule has 1 N–H and O–H groups in total. The third-order valence-corrected chi connectivity index (χ3v) is 9.05. The van der Waals surface area contributed by atoms with E-state index in [0.717, 1.165) is 5.56 Å². The van der Waals surface area contributed by atoms with Crippen LogP contribution in [0.25, 0.3) is 0 Å². The van der Waals surface area contributed by atoms with Crippen LogP contribution in [0.2, 0.25) is 0 Å². The van der Waals surface area contributed by atoms with Gasteiger partial charge in [0.25, 0.3) is 15.9 Å².